The number of aliphatic hydroxyl groups excluding tert-OH is 2. The Morgan fingerprint density at radius 1 is 0.596 bits per heavy atom. The van der Waals surface area contributed by atoms with Crippen LogP contribution in [0.25, 0.3) is 0 Å². The quantitative estimate of drug-likeness (QED) is 0.0244. The molecule has 300 valence electrons. The van der Waals surface area contributed by atoms with Gasteiger partial charge in [-0.25, -0.2) is 4.57 Å². The van der Waals surface area contributed by atoms with E-state index in [2.05, 4.69) is 24.4 Å². The number of phosphoric acid groups is 1. The van der Waals surface area contributed by atoms with Crippen molar-refractivity contribution in [2.75, 3.05) is 26.4 Å². The zero-order chi connectivity index (χ0) is 38.4. The number of carbonyl (C=O) groups is 2. The summed E-state index contributed by atoms with van der Waals surface area (Å²) in [6.07, 6.45) is 39.2. The average molecular weight is 755 g/mol. The lowest BCUT2D eigenvalue weighted by molar-refractivity contribution is -0.161. The van der Waals surface area contributed by atoms with Gasteiger partial charge in [0.2, 0.25) is 0 Å². The maximum Gasteiger partial charge on any atom is 0.472 e. The second-order valence-electron chi connectivity index (χ2n) is 13.1. The molecule has 11 heteroatoms. The standard InChI is InChI=1S/C41H71O10P/c1-3-5-7-9-11-13-15-17-18-19-21-22-24-26-28-30-32-40(44)48-36-39(37-50-52(46,47)49-35-38(43)34-42)51-41(45)33-31-29-27-25-23-20-16-14-12-10-8-6-4-2/h6,8,10,12,14,16,20,23,25,27,38-39,42-43H,3-5,7,9,11,13,15,17-19,21-22,24,26,28-37H2,1-2H3,(H,46,47)/b8-6+,12-10+,16-14+,23-20+,27-25+/t38-,39?/m0/s1. The number of aliphatic hydroxyl groups is 2. The van der Waals surface area contributed by atoms with Gasteiger partial charge in [-0.1, -0.05) is 171 Å². The minimum absolute atomic E-state index is 0.0870. The molecule has 0 saturated heterocycles. The molecule has 0 radical (unpaired) electrons. The van der Waals surface area contributed by atoms with Crippen LogP contribution in [0.1, 0.15) is 149 Å². The van der Waals surface area contributed by atoms with Crippen molar-refractivity contribution in [1.82, 2.24) is 0 Å². The zero-order valence-electron chi connectivity index (χ0n) is 32.3. The van der Waals surface area contributed by atoms with Gasteiger partial charge in [0.05, 0.1) is 19.8 Å². The average Bonchev–Trinajstić information content (AvgIpc) is 3.13. The molecule has 2 unspecified atom stereocenters. The Hall–Kier alpha value is -2.33. The Labute approximate surface area is 315 Å². The first-order valence-corrected chi connectivity index (χ1v) is 21.3. The van der Waals surface area contributed by atoms with Crippen molar-refractivity contribution in [2.45, 2.75) is 161 Å². The van der Waals surface area contributed by atoms with Gasteiger partial charge in [0.15, 0.2) is 6.10 Å². The second kappa shape index (κ2) is 37.0. The summed E-state index contributed by atoms with van der Waals surface area (Å²) in [6, 6.07) is 0. The molecular formula is C41H71O10P. The minimum atomic E-state index is -4.63. The van der Waals surface area contributed by atoms with Gasteiger partial charge < -0.3 is 24.6 Å². The Balaban J connectivity index is 4.43. The van der Waals surface area contributed by atoms with Crippen molar-refractivity contribution in [3.63, 3.8) is 0 Å². The summed E-state index contributed by atoms with van der Waals surface area (Å²) in [7, 11) is -4.63. The van der Waals surface area contributed by atoms with Gasteiger partial charge in [-0.15, -0.1) is 0 Å². The lowest BCUT2D eigenvalue weighted by Crippen LogP contribution is -2.29. The lowest BCUT2D eigenvalue weighted by Gasteiger charge is -2.20. The van der Waals surface area contributed by atoms with E-state index in [9.17, 15) is 24.2 Å². The lowest BCUT2D eigenvalue weighted by atomic mass is 10.0. The van der Waals surface area contributed by atoms with Crippen molar-refractivity contribution in [3.05, 3.63) is 60.8 Å². The fourth-order valence-corrected chi connectivity index (χ4v) is 5.81. The number of rotatable bonds is 36. The fraction of sp³-hybridized carbons (Fsp3) is 0.707. The third kappa shape index (κ3) is 36.0. The summed E-state index contributed by atoms with van der Waals surface area (Å²) in [5.41, 5.74) is 0. The van der Waals surface area contributed by atoms with Crippen molar-refractivity contribution in [1.29, 1.82) is 0 Å². The SMILES string of the molecule is CC/C=C/C=C/C=C/C=C/C=C/CCCC(=O)OC(COC(=O)CCCCCCCCCCCCCCCCCC)COP(=O)(O)OC[C@@H](O)CO. The Morgan fingerprint density at radius 3 is 1.58 bits per heavy atom. The molecule has 0 aliphatic carbocycles. The van der Waals surface area contributed by atoms with Crippen LogP contribution >= 0.6 is 7.82 Å². The van der Waals surface area contributed by atoms with E-state index in [0.717, 1.165) is 25.7 Å². The van der Waals surface area contributed by atoms with Crippen LogP contribution in [0, 0.1) is 0 Å². The summed E-state index contributed by atoms with van der Waals surface area (Å²) < 4.78 is 32.5. The monoisotopic (exact) mass is 754 g/mol. The number of unbranched alkanes of at least 4 members (excludes halogenated alkanes) is 16. The van der Waals surface area contributed by atoms with Crippen LogP contribution in [0.5, 0.6) is 0 Å². The van der Waals surface area contributed by atoms with E-state index in [-0.39, 0.29) is 19.4 Å². The topological polar surface area (TPSA) is 149 Å². The summed E-state index contributed by atoms with van der Waals surface area (Å²) in [6.45, 7) is 2.14. The molecule has 3 atom stereocenters. The number of hydrogen-bond acceptors (Lipinski definition) is 9. The molecule has 0 aromatic carbocycles. The van der Waals surface area contributed by atoms with E-state index in [0.29, 0.717) is 19.3 Å². The van der Waals surface area contributed by atoms with Crippen molar-refractivity contribution in [3.8, 4) is 0 Å². The van der Waals surface area contributed by atoms with Crippen LogP contribution in [0.4, 0.5) is 0 Å². The van der Waals surface area contributed by atoms with Crippen LogP contribution in [0.15, 0.2) is 60.8 Å². The van der Waals surface area contributed by atoms with E-state index < -0.39 is 51.8 Å². The molecule has 0 aromatic rings. The van der Waals surface area contributed by atoms with Crippen LogP contribution in [-0.4, -0.2) is 65.7 Å². The molecule has 0 bridgehead atoms. The molecule has 10 nitrogen and oxygen atoms in total. The first-order valence-electron chi connectivity index (χ1n) is 19.8. The van der Waals surface area contributed by atoms with Gasteiger partial charge in [-0.05, 0) is 25.7 Å². The molecule has 0 aromatic heterocycles. The van der Waals surface area contributed by atoms with Crippen LogP contribution < -0.4 is 0 Å². The predicted octanol–water partition coefficient (Wildman–Crippen LogP) is 9.94. The number of esters is 2. The van der Waals surface area contributed by atoms with E-state index >= 15 is 0 Å². The van der Waals surface area contributed by atoms with Crippen molar-refractivity contribution < 1.29 is 47.8 Å². The number of ether oxygens (including phenoxy) is 2. The maximum absolute atomic E-state index is 12.5. The molecule has 3 N–H and O–H groups in total. The summed E-state index contributed by atoms with van der Waals surface area (Å²) in [5.74, 6) is -1.01. The fourth-order valence-electron chi connectivity index (χ4n) is 5.02. The number of hydrogen-bond donors (Lipinski definition) is 3. The van der Waals surface area contributed by atoms with E-state index in [1.165, 1.54) is 77.0 Å². The van der Waals surface area contributed by atoms with Crippen LogP contribution in [-0.2, 0) is 32.7 Å². The largest absolute Gasteiger partial charge is 0.472 e. The molecule has 0 aliphatic rings. The molecule has 0 saturated carbocycles. The number of phosphoric ester groups is 1. The van der Waals surface area contributed by atoms with E-state index in [4.69, 9.17) is 19.1 Å². The highest BCUT2D eigenvalue weighted by Crippen LogP contribution is 2.43. The molecule has 52 heavy (non-hydrogen) atoms. The minimum Gasteiger partial charge on any atom is -0.462 e. The Morgan fingerprint density at radius 2 is 1.06 bits per heavy atom. The van der Waals surface area contributed by atoms with E-state index in [1.807, 2.05) is 54.7 Å². The second-order valence-corrected chi connectivity index (χ2v) is 14.5. The van der Waals surface area contributed by atoms with Gasteiger partial charge >= 0.3 is 19.8 Å². The third-order valence-corrected chi connectivity index (χ3v) is 9.02. The zero-order valence-corrected chi connectivity index (χ0v) is 33.1. The molecule has 0 amide bonds. The third-order valence-electron chi connectivity index (χ3n) is 8.06. The van der Waals surface area contributed by atoms with E-state index in [1.54, 1.807) is 0 Å². The molecule has 0 aliphatic heterocycles. The smallest absolute Gasteiger partial charge is 0.462 e. The van der Waals surface area contributed by atoms with Crippen LogP contribution in [0.2, 0.25) is 0 Å². The Kier molecular flexibility index (Phi) is 35.3. The molecular weight excluding hydrogens is 683 g/mol. The highest BCUT2D eigenvalue weighted by molar-refractivity contribution is 7.47. The van der Waals surface area contributed by atoms with Gasteiger partial charge in [-0.2, -0.15) is 0 Å². The van der Waals surface area contributed by atoms with Gasteiger partial charge in [0, 0.05) is 12.8 Å². The normalized spacial score (nSPS) is 14.6. The molecule has 0 fully saturated rings. The van der Waals surface area contributed by atoms with Crippen LogP contribution in [0.3, 0.4) is 0 Å². The predicted molar refractivity (Wildman–Crippen MR) is 210 cm³/mol. The maximum atomic E-state index is 12.5. The van der Waals surface area contributed by atoms with Gasteiger partial charge in [-0.3, -0.25) is 18.6 Å². The first kappa shape index (κ1) is 49.7. The number of carbonyl (C=O) groups excluding carboxylic acids is 2. The molecule has 0 spiro atoms. The Bertz CT molecular complexity index is 1050. The number of allylic oxidation sites excluding steroid dienone is 10. The van der Waals surface area contributed by atoms with Gasteiger partial charge in [0.25, 0.3) is 0 Å². The molecule has 0 rings (SSSR count). The summed E-state index contributed by atoms with van der Waals surface area (Å²) >= 11 is 0. The van der Waals surface area contributed by atoms with Crippen molar-refractivity contribution in [2.24, 2.45) is 0 Å². The summed E-state index contributed by atoms with van der Waals surface area (Å²) in [5, 5.41) is 18.3. The summed E-state index contributed by atoms with van der Waals surface area (Å²) in [4.78, 5) is 34.8. The first-order chi connectivity index (χ1) is 25.2. The van der Waals surface area contributed by atoms with Crippen molar-refractivity contribution >= 4 is 19.8 Å². The highest BCUT2D eigenvalue weighted by Gasteiger charge is 2.27. The molecule has 0 heterocycles. The highest BCUT2D eigenvalue weighted by atomic mass is 31.2. The van der Waals surface area contributed by atoms with Gasteiger partial charge in [0.1, 0.15) is 12.7 Å².